The van der Waals surface area contributed by atoms with Gasteiger partial charge in [-0.3, -0.25) is 0 Å². The van der Waals surface area contributed by atoms with Crippen LogP contribution in [0.1, 0.15) is 70.6 Å². The van der Waals surface area contributed by atoms with Crippen molar-refractivity contribution < 1.29 is 26.5 Å². The van der Waals surface area contributed by atoms with E-state index in [1.807, 2.05) is 0 Å². The second-order valence-electron chi connectivity index (χ2n) is 4.82. The third-order valence-corrected chi connectivity index (χ3v) is 3.48. The largest absolute Gasteiger partial charge is 0.668 e. The van der Waals surface area contributed by atoms with Crippen molar-refractivity contribution in [2.75, 3.05) is 0 Å². The summed E-state index contributed by atoms with van der Waals surface area (Å²) in [6.07, 6.45) is 13.5. The van der Waals surface area contributed by atoms with Crippen molar-refractivity contribution >= 4 is 16.9 Å². The van der Waals surface area contributed by atoms with Crippen molar-refractivity contribution in [2.45, 2.75) is 70.6 Å². The number of hydrogen-bond acceptors (Lipinski definition) is 1. The van der Waals surface area contributed by atoms with Crippen LogP contribution in [0, 0.1) is 5.92 Å². The number of hydrogen-bond donors (Lipinski definition) is 0. The molecule has 17 heavy (non-hydrogen) atoms. The van der Waals surface area contributed by atoms with E-state index >= 15 is 0 Å². The molecule has 1 aliphatic carbocycles. The zero-order chi connectivity index (χ0) is 10.9. The van der Waals surface area contributed by atoms with Crippen LogP contribution in [0.4, 0.5) is 0 Å². The number of amides is 1. The molecule has 1 amide bonds. The Bertz CT molecular complexity index is 178. The van der Waals surface area contributed by atoms with Crippen LogP contribution in [0.5, 0.6) is 0 Å². The summed E-state index contributed by atoms with van der Waals surface area (Å²) in [4.78, 5) is 11.1. The third kappa shape index (κ3) is 10.0. The van der Waals surface area contributed by atoms with Gasteiger partial charge in [0, 0.05) is 27.6 Å². The van der Waals surface area contributed by atoms with Gasteiger partial charge in [-0.05, 0) is 23.8 Å². The molecule has 0 spiro atoms. The van der Waals surface area contributed by atoms with Crippen LogP contribution in [0.15, 0.2) is 0 Å². The maximum atomic E-state index is 11.1. The molecular formula is C13H27NOSiTi-. The smallest absolute Gasteiger partial charge is 0.0519 e. The monoisotopic (exact) mass is 289 g/mol. The van der Waals surface area contributed by atoms with Crippen LogP contribution >= 0.6 is 0 Å². The van der Waals surface area contributed by atoms with E-state index in [0.717, 1.165) is 25.7 Å². The number of carbonyl (C=O) groups excluding carboxylic acids is 1. The number of carbonyl (C=O) groups is 1. The third-order valence-electron chi connectivity index (χ3n) is 3.48. The summed E-state index contributed by atoms with van der Waals surface area (Å²) in [6, 6.07) is 0. The van der Waals surface area contributed by atoms with E-state index in [4.69, 9.17) is 5.73 Å². The average molecular weight is 289 g/mol. The summed E-state index contributed by atoms with van der Waals surface area (Å²) in [5.41, 5.74) is 7.23. The van der Waals surface area contributed by atoms with E-state index in [1.165, 1.54) is 44.9 Å². The summed E-state index contributed by atoms with van der Waals surface area (Å²) in [6.45, 7) is 0. The predicted octanol–water partition coefficient (Wildman–Crippen LogP) is 3.30. The van der Waals surface area contributed by atoms with E-state index in [0.29, 0.717) is 0 Å². The minimum atomic E-state index is -0.327. The van der Waals surface area contributed by atoms with Crippen LogP contribution in [0.2, 0.25) is 0 Å². The minimum absolute atomic E-state index is 0. The molecule has 0 heterocycles. The summed E-state index contributed by atoms with van der Waals surface area (Å²) < 4.78 is 0. The summed E-state index contributed by atoms with van der Waals surface area (Å²) in [7, 11) is 0. The van der Waals surface area contributed by atoms with Crippen LogP contribution < -0.4 is 0 Å². The normalized spacial score (nSPS) is 20.0. The predicted molar refractivity (Wildman–Crippen MR) is 73.5 cm³/mol. The van der Waals surface area contributed by atoms with Gasteiger partial charge >= 0.3 is 0 Å². The first-order chi connectivity index (χ1) is 7.30. The molecule has 0 aromatic heterocycles. The Morgan fingerprint density at radius 2 is 1.06 bits per heavy atom. The molecule has 0 saturated heterocycles. The molecule has 0 bridgehead atoms. The van der Waals surface area contributed by atoms with Gasteiger partial charge in [-0.1, -0.05) is 57.8 Å². The standard InChI is InChI=1S/C13H25NO.H3Si.Ti/c14-13(15)12-10-8-6-4-2-1-3-5-7-9-11-12;;/h12H,1-11H2,(H2,14,15);1H3;/p-1. The summed E-state index contributed by atoms with van der Waals surface area (Å²) in [5, 5.41) is 0. The Labute approximate surface area is 125 Å². The molecule has 0 aromatic carbocycles. The van der Waals surface area contributed by atoms with E-state index in [1.54, 1.807) is 0 Å². The molecule has 1 N–H and O–H groups in total. The Kier molecular flexibility index (Phi) is 14.9. The van der Waals surface area contributed by atoms with Gasteiger partial charge in [-0.2, -0.15) is 0 Å². The molecule has 4 heteroatoms. The molecule has 1 rings (SSSR count). The van der Waals surface area contributed by atoms with Gasteiger partial charge in [0.1, 0.15) is 0 Å². The van der Waals surface area contributed by atoms with E-state index < -0.39 is 0 Å². The summed E-state index contributed by atoms with van der Waals surface area (Å²) >= 11 is 0. The molecule has 1 fully saturated rings. The number of rotatable bonds is 1. The molecule has 1 saturated carbocycles. The zero-order valence-electron chi connectivity index (χ0n) is 11.3. The van der Waals surface area contributed by atoms with E-state index in [9.17, 15) is 4.79 Å². The van der Waals surface area contributed by atoms with Crippen molar-refractivity contribution in [1.29, 1.82) is 0 Å². The molecular weight excluding hydrogens is 262 g/mol. The van der Waals surface area contributed by atoms with Crippen LogP contribution in [0.3, 0.4) is 0 Å². The van der Waals surface area contributed by atoms with E-state index in [-0.39, 0.29) is 44.5 Å². The minimum Gasteiger partial charge on any atom is -0.668 e. The molecule has 0 unspecified atom stereocenters. The Morgan fingerprint density at radius 3 is 1.35 bits per heavy atom. The Morgan fingerprint density at radius 1 is 0.765 bits per heavy atom. The SMILES string of the molecule is [NH-]C(=O)C1CCCCCCCCCCC1.[SiH3].[Ti]. The van der Waals surface area contributed by atoms with Crippen LogP contribution in [-0.2, 0) is 26.5 Å². The fourth-order valence-electron chi connectivity index (χ4n) is 2.43. The molecule has 0 aromatic rings. The topological polar surface area (TPSA) is 40.9 Å². The molecule has 1 aliphatic rings. The van der Waals surface area contributed by atoms with Gasteiger partial charge in [0.2, 0.25) is 0 Å². The zero-order valence-corrected chi connectivity index (χ0v) is 14.8. The molecule has 1 radical (unpaired) electrons. The van der Waals surface area contributed by atoms with Crippen molar-refractivity contribution in [3.05, 3.63) is 5.73 Å². The second kappa shape index (κ2) is 12.8. The van der Waals surface area contributed by atoms with Crippen LogP contribution in [-0.4, -0.2) is 16.9 Å². The van der Waals surface area contributed by atoms with Crippen molar-refractivity contribution in [3.8, 4) is 0 Å². The van der Waals surface area contributed by atoms with Gasteiger partial charge in [0.15, 0.2) is 0 Å². The summed E-state index contributed by atoms with van der Waals surface area (Å²) in [5.74, 6) is -0.281. The van der Waals surface area contributed by atoms with Crippen molar-refractivity contribution in [3.63, 3.8) is 0 Å². The first-order valence-electron chi connectivity index (χ1n) is 6.56. The molecule has 0 atom stereocenters. The van der Waals surface area contributed by atoms with Crippen molar-refractivity contribution in [2.24, 2.45) is 5.92 Å². The van der Waals surface area contributed by atoms with Gasteiger partial charge in [0.05, 0.1) is 5.91 Å². The van der Waals surface area contributed by atoms with Gasteiger partial charge in [-0.15, -0.1) is 0 Å². The second-order valence-corrected chi connectivity index (χ2v) is 4.82. The first-order valence-corrected chi connectivity index (χ1v) is 6.56. The molecule has 2 nitrogen and oxygen atoms in total. The molecule has 99 valence electrons. The maximum absolute atomic E-state index is 11.1. The van der Waals surface area contributed by atoms with Crippen LogP contribution in [0.25, 0.3) is 5.73 Å². The fourth-order valence-corrected chi connectivity index (χ4v) is 2.43. The fraction of sp³-hybridized carbons (Fsp3) is 0.923. The Hall–Kier alpha value is 0.401. The quantitative estimate of drug-likeness (QED) is 0.683. The maximum Gasteiger partial charge on any atom is 0.0519 e. The average Bonchev–Trinajstić information content (AvgIpc) is 2.18. The van der Waals surface area contributed by atoms with Gasteiger partial charge < -0.3 is 10.5 Å². The number of nitrogens with one attached hydrogen (secondary N) is 1. The first kappa shape index (κ1) is 19.7. The molecule has 0 aliphatic heterocycles. The Balaban J connectivity index is 0. The van der Waals surface area contributed by atoms with Crippen molar-refractivity contribution in [1.82, 2.24) is 0 Å². The van der Waals surface area contributed by atoms with Gasteiger partial charge in [0.25, 0.3) is 0 Å². The van der Waals surface area contributed by atoms with E-state index in [2.05, 4.69) is 0 Å². The van der Waals surface area contributed by atoms with Gasteiger partial charge in [-0.25, -0.2) is 0 Å².